The van der Waals surface area contributed by atoms with Gasteiger partial charge < -0.3 is 15.3 Å². The van der Waals surface area contributed by atoms with Crippen LogP contribution in [-0.4, -0.2) is 36.2 Å². The highest BCUT2D eigenvalue weighted by atomic mass is 19.1. The van der Waals surface area contributed by atoms with Crippen molar-refractivity contribution in [1.29, 1.82) is 5.26 Å². The molecule has 3 rings (SSSR count). The van der Waals surface area contributed by atoms with Gasteiger partial charge in [0.15, 0.2) is 5.82 Å². The zero-order valence-corrected chi connectivity index (χ0v) is 17.0. The molecule has 158 valence electrons. The number of amides is 1. The van der Waals surface area contributed by atoms with E-state index in [-0.39, 0.29) is 12.4 Å². The van der Waals surface area contributed by atoms with E-state index in [4.69, 9.17) is 5.11 Å². The SMILES string of the molecule is N#Cc1ccccc1-c1ccc(N(C=O)CCCO)c(NCCc2cccc(F)c2)n1. The number of pyridine rings is 1. The van der Waals surface area contributed by atoms with Gasteiger partial charge in [-0.1, -0.05) is 30.3 Å². The van der Waals surface area contributed by atoms with Crippen molar-refractivity contribution in [3.63, 3.8) is 0 Å². The maximum absolute atomic E-state index is 13.4. The van der Waals surface area contributed by atoms with Crippen molar-refractivity contribution in [3.8, 4) is 17.3 Å². The van der Waals surface area contributed by atoms with Crippen molar-refractivity contribution in [2.24, 2.45) is 0 Å². The molecule has 0 saturated carbocycles. The van der Waals surface area contributed by atoms with Gasteiger partial charge in [-0.05, 0) is 48.7 Å². The summed E-state index contributed by atoms with van der Waals surface area (Å²) < 4.78 is 13.4. The summed E-state index contributed by atoms with van der Waals surface area (Å²) in [6, 6.07) is 19.3. The highest BCUT2D eigenvalue weighted by molar-refractivity contribution is 5.83. The molecule has 2 N–H and O–H groups in total. The zero-order valence-electron chi connectivity index (χ0n) is 17.0. The van der Waals surface area contributed by atoms with E-state index in [1.54, 1.807) is 30.3 Å². The Morgan fingerprint density at radius 3 is 2.74 bits per heavy atom. The van der Waals surface area contributed by atoms with E-state index < -0.39 is 0 Å². The molecule has 1 heterocycles. The molecule has 6 nitrogen and oxygen atoms in total. The van der Waals surface area contributed by atoms with Crippen LogP contribution in [0.4, 0.5) is 15.9 Å². The van der Waals surface area contributed by atoms with Crippen LogP contribution in [-0.2, 0) is 11.2 Å². The lowest BCUT2D eigenvalue weighted by atomic mass is 10.0. The monoisotopic (exact) mass is 418 g/mol. The van der Waals surface area contributed by atoms with E-state index in [0.29, 0.717) is 60.7 Å². The number of aliphatic hydroxyl groups is 1. The largest absolute Gasteiger partial charge is 0.396 e. The minimum absolute atomic E-state index is 0.0340. The number of carbonyl (C=O) groups is 1. The lowest BCUT2D eigenvalue weighted by molar-refractivity contribution is -0.107. The van der Waals surface area contributed by atoms with Gasteiger partial charge in [-0.25, -0.2) is 9.37 Å². The molecule has 0 spiro atoms. The number of rotatable bonds is 10. The Kier molecular flexibility index (Phi) is 7.68. The van der Waals surface area contributed by atoms with Crippen molar-refractivity contribution in [2.75, 3.05) is 29.9 Å². The Balaban J connectivity index is 1.91. The molecule has 0 saturated heterocycles. The number of aliphatic hydroxyl groups excluding tert-OH is 1. The number of aromatic nitrogens is 1. The van der Waals surface area contributed by atoms with Gasteiger partial charge in [-0.2, -0.15) is 5.26 Å². The first-order valence-corrected chi connectivity index (χ1v) is 9.98. The highest BCUT2D eigenvalue weighted by Crippen LogP contribution is 2.29. The van der Waals surface area contributed by atoms with E-state index in [1.807, 2.05) is 18.2 Å². The van der Waals surface area contributed by atoms with Crippen LogP contribution in [0.25, 0.3) is 11.3 Å². The van der Waals surface area contributed by atoms with Gasteiger partial charge in [-0.15, -0.1) is 0 Å². The van der Waals surface area contributed by atoms with Gasteiger partial charge in [-0.3, -0.25) is 4.79 Å². The van der Waals surface area contributed by atoms with Crippen LogP contribution >= 0.6 is 0 Å². The summed E-state index contributed by atoms with van der Waals surface area (Å²) in [6.45, 7) is 0.779. The maximum Gasteiger partial charge on any atom is 0.214 e. The second kappa shape index (κ2) is 10.9. The Morgan fingerprint density at radius 2 is 2.00 bits per heavy atom. The summed E-state index contributed by atoms with van der Waals surface area (Å²) in [5.41, 5.74) is 3.20. The van der Waals surface area contributed by atoms with Gasteiger partial charge in [0.25, 0.3) is 0 Å². The van der Waals surface area contributed by atoms with Crippen molar-refractivity contribution in [3.05, 3.63) is 77.6 Å². The van der Waals surface area contributed by atoms with Gasteiger partial charge >= 0.3 is 0 Å². The fraction of sp³-hybridized carbons (Fsp3) is 0.208. The van der Waals surface area contributed by atoms with Crippen LogP contribution in [0.15, 0.2) is 60.7 Å². The molecule has 2 aromatic carbocycles. The van der Waals surface area contributed by atoms with E-state index in [1.165, 1.54) is 17.0 Å². The first kappa shape index (κ1) is 21.9. The predicted octanol–water partition coefficient (Wildman–Crippen LogP) is 3.76. The van der Waals surface area contributed by atoms with Crippen molar-refractivity contribution in [2.45, 2.75) is 12.8 Å². The smallest absolute Gasteiger partial charge is 0.214 e. The summed E-state index contributed by atoms with van der Waals surface area (Å²) in [7, 11) is 0. The number of carbonyl (C=O) groups excluding carboxylic acids is 1. The average Bonchev–Trinajstić information content (AvgIpc) is 2.80. The Morgan fingerprint density at radius 1 is 1.16 bits per heavy atom. The van der Waals surface area contributed by atoms with Gasteiger partial charge in [0.2, 0.25) is 6.41 Å². The normalized spacial score (nSPS) is 10.4. The fourth-order valence-corrected chi connectivity index (χ4v) is 3.26. The lowest BCUT2D eigenvalue weighted by Gasteiger charge is -2.21. The van der Waals surface area contributed by atoms with E-state index in [0.717, 1.165) is 5.56 Å². The van der Waals surface area contributed by atoms with E-state index in [9.17, 15) is 14.4 Å². The molecule has 0 radical (unpaired) electrons. The highest BCUT2D eigenvalue weighted by Gasteiger charge is 2.15. The van der Waals surface area contributed by atoms with Crippen LogP contribution in [0.3, 0.4) is 0 Å². The van der Waals surface area contributed by atoms with Gasteiger partial charge in [0.1, 0.15) is 5.82 Å². The third kappa shape index (κ3) is 5.65. The Bertz CT molecular complexity index is 1080. The molecular formula is C24H23FN4O2. The van der Waals surface area contributed by atoms with Gasteiger partial charge in [0.05, 0.1) is 23.0 Å². The third-order valence-corrected chi connectivity index (χ3v) is 4.79. The molecule has 0 bridgehead atoms. The van der Waals surface area contributed by atoms with Crippen LogP contribution in [0.2, 0.25) is 0 Å². The van der Waals surface area contributed by atoms with Crippen LogP contribution in [0.5, 0.6) is 0 Å². The van der Waals surface area contributed by atoms with Gasteiger partial charge in [0, 0.05) is 25.3 Å². The molecule has 1 amide bonds. The van der Waals surface area contributed by atoms with Crippen molar-refractivity contribution < 1.29 is 14.3 Å². The number of halogens is 1. The summed E-state index contributed by atoms with van der Waals surface area (Å²) >= 11 is 0. The van der Waals surface area contributed by atoms with E-state index in [2.05, 4.69) is 16.4 Å². The molecule has 3 aromatic rings. The zero-order chi connectivity index (χ0) is 22.1. The average molecular weight is 418 g/mol. The molecule has 0 aliphatic rings. The molecule has 0 atom stereocenters. The van der Waals surface area contributed by atoms with Crippen LogP contribution in [0.1, 0.15) is 17.5 Å². The number of nitriles is 1. The minimum Gasteiger partial charge on any atom is -0.396 e. The molecule has 0 unspecified atom stereocenters. The summed E-state index contributed by atoms with van der Waals surface area (Å²) in [5.74, 6) is 0.189. The number of nitrogens with one attached hydrogen (secondary N) is 1. The summed E-state index contributed by atoms with van der Waals surface area (Å²) in [6.07, 6.45) is 1.70. The van der Waals surface area contributed by atoms with Crippen molar-refractivity contribution >= 4 is 17.9 Å². The first-order valence-electron chi connectivity index (χ1n) is 9.98. The standard InChI is InChI=1S/C24H23FN4O2/c25-20-7-3-5-18(15-20)11-12-27-24-23(29(17-31)13-4-14-30)10-9-22(28-24)21-8-2-1-6-19(21)16-26/h1-3,5-10,15,17,30H,4,11-14H2,(H,27,28). The molecule has 1 aromatic heterocycles. The first-order chi connectivity index (χ1) is 15.2. The molecule has 0 fully saturated rings. The second-order valence-electron chi connectivity index (χ2n) is 6.90. The molecule has 7 heteroatoms. The number of anilines is 2. The summed E-state index contributed by atoms with van der Waals surface area (Å²) in [5, 5.41) is 21.8. The van der Waals surface area contributed by atoms with Crippen molar-refractivity contribution in [1.82, 2.24) is 4.98 Å². The fourth-order valence-electron chi connectivity index (χ4n) is 3.26. The molecular weight excluding hydrogens is 395 g/mol. The second-order valence-corrected chi connectivity index (χ2v) is 6.90. The topological polar surface area (TPSA) is 89.2 Å². The number of nitrogens with zero attached hydrogens (tertiary/aromatic N) is 3. The third-order valence-electron chi connectivity index (χ3n) is 4.79. The predicted molar refractivity (Wildman–Crippen MR) is 118 cm³/mol. The molecule has 0 aliphatic heterocycles. The van der Waals surface area contributed by atoms with Crippen LogP contribution < -0.4 is 10.2 Å². The van der Waals surface area contributed by atoms with Crippen LogP contribution in [0, 0.1) is 17.1 Å². The number of benzene rings is 2. The minimum atomic E-state index is -0.289. The Hall–Kier alpha value is -3.76. The Labute approximate surface area is 180 Å². The maximum atomic E-state index is 13.4. The summed E-state index contributed by atoms with van der Waals surface area (Å²) in [4.78, 5) is 17.8. The number of hydrogen-bond donors (Lipinski definition) is 2. The molecule has 0 aliphatic carbocycles. The number of hydrogen-bond acceptors (Lipinski definition) is 5. The molecule has 31 heavy (non-hydrogen) atoms. The van der Waals surface area contributed by atoms with E-state index >= 15 is 0 Å². The quantitative estimate of drug-likeness (QED) is 0.490. The lowest BCUT2D eigenvalue weighted by Crippen LogP contribution is -2.25.